The lowest BCUT2D eigenvalue weighted by atomic mass is 9.75. The molecule has 0 aliphatic heterocycles. The van der Waals surface area contributed by atoms with Gasteiger partial charge in [-0.25, -0.2) is 0 Å². The molecule has 3 atom stereocenters. The Labute approximate surface area is 76.9 Å². The van der Waals surface area contributed by atoms with E-state index in [1.54, 1.807) is 0 Å². The lowest BCUT2D eigenvalue weighted by Crippen LogP contribution is -2.27. The quantitative estimate of drug-likeness (QED) is 0.685. The third kappa shape index (κ3) is 1.82. The fourth-order valence-corrected chi connectivity index (χ4v) is 2.46. The van der Waals surface area contributed by atoms with E-state index in [1.165, 1.54) is 25.7 Å². The fourth-order valence-electron chi connectivity index (χ4n) is 2.46. The van der Waals surface area contributed by atoms with Gasteiger partial charge in [-0.1, -0.05) is 27.2 Å². The summed E-state index contributed by atoms with van der Waals surface area (Å²) in [6.07, 6.45) is 5.48. The highest BCUT2D eigenvalue weighted by Gasteiger charge is 2.37. The average Bonchev–Trinajstić information content (AvgIpc) is 2.47. The summed E-state index contributed by atoms with van der Waals surface area (Å²) in [5.74, 6) is 0.885. The van der Waals surface area contributed by atoms with E-state index < -0.39 is 0 Å². The average molecular weight is 169 g/mol. The number of rotatable bonds is 3. The Balaban J connectivity index is 2.51. The first-order valence-electron chi connectivity index (χ1n) is 5.29. The first kappa shape index (κ1) is 10.0. The van der Waals surface area contributed by atoms with Gasteiger partial charge in [-0.2, -0.15) is 0 Å². The molecule has 1 aliphatic carbocycles. The molecule has 0 aromatic rings. The topological polar surface area (TPSA) is 12.0 Å². The van der Waals surface area contributed by atoms with Crippen LogP contribution >= 0.6 is 0 Å². The highest BCUT2D eigenvalue weighted by Crippen LogP contribution is 2.44. The van der Waals surface area contributed by atoms with Gasteiger partial charge < -0.3 is 5.32 Å². The first-order chi connectivity index (χ1) is 5.62. The van der Waals surface area contributed by atoms with Crippen molar-refractivity contribution >= 4 is 0 Å². The van der Waals surface area contributed by atoms with Gasteiger partial charge in [-0.05, 0) is 37.6 Å². The van der Waals surface area contributed by atoms with Crippen molar-refractivity contribution in [3.05, 3.63) is 0 Å². The molecule has 0 bridgehead atoms. The van der Waals surface area contributed by atoms with E-state index in [4.69, 9.17) is 0 Å². The van der Waals surface area contributed by atoms with Crippen LogP contribution in [0.2, 0.25) is 0 Å². The van der Waals surface area contributed by atoms with Gasteiger partial charge in [-0.3, -0.25) is 0 Å². The van der Waals surface area contributed by atoms with Crippen molar-refractivity contribution in [2.75, 3.05) is 7.05 Å². The lowest BCUT2D eigenvalue weighted by molar-refractivity contribution is 0.199. The van der Waals surface area contributed by atoms with Crippen molar-refractivity contribution in [2.24, 2.45) is 11.3 Å². The molecule has 72 valence electrons. The maximum atomic E-state index is 3.40. The molecule has 0 aromatic carbocycles. The second kappa shape index (κ2) is 3.78. The van der Waals surface area contributed by atoms with Crippen LogP contribution < -0.4 is 5.32 Å². The molecule has 0 radical (unpaired) electrons. The molecule has 1 rings (SSSR count). The summed E-state index contributed by atoms with van der Waals surface area (Å²) < 4.78 is 0. The van der Waals surface area contributed by atoms with Crippen molar-refractivity contribution in [1.29, 1.82) is 0 Å². The van der Waals surface area contributed by atoms with Crippen LogP contribution in [0.3, 0.4) is 0 Å². The summed E-state index contributed by atoms with van der Waals surface area (Å²) in [5.41, 5.74) is 0.614. The highest BCUT2D eigenvalue weighted by atomic mass is 14.9. The van der Waals surface area contributed by atoms with Crippen molar-refractivity contribution in [2.45, 2.75) is 52.5 Å². The zero-order chi connectivity index (χ0) is 9.19. The van der Waals surface area contributed by atoms with E-state index in [9.17, 15) is 0 Å². The summed E-state index contributed by atoms with van der Waals surface area (Å²) >= 11 is 0. The standard InChI is InChI=1S/C11H23N/c1-5-9(2)11(3)7-6-10(8-11)12-4/h9-10,12H,5-8H2,1-4H3. The van der Waals surface area contributed by atoms with E-state index in [1.807, 2.05) is 0 Å². The van der Waals surface area contributed by atoms with Gasteiger partial charge in [0.05, 0.1) is 0 Å². The molecular weight excluding hydrogens is 146 g/mol. The second-order valence-corrected chi connectivity index (χ2v) is 4.69. The van der Waals surface area contributed by atoms with Crippen LogP contribution in [0, 0.1) is 11.3 Å². The van der Waals surface area contributed by atoms with Gasteiger partial charge in [0.1, 0.15) is 0 Å². The van der Waals surface area contributed by atoms with E-state index in [-0.39, 0.29) is 0 Å². The molecule has 0 amide bonds. The van der Waals surface area contributed by atoms with Crippen molar-refractivity contribution in [1.82, 2.24) is 5.32 Å². The third-order valence-electron chi connectivity index (χ3n) is 3.99. The van der Waals surface area contributed by atoms with E-state index >= 15 is 0 Å². The van der Waals surface area contributed by atoms with Gasteiger partial charge in [0.25, 0.3) is 0 Å². The van der Waals surface area contributed by atoms with E-state index in [2.05, 4.69) is 33.1 Å². The molecule has 1 saturated carbocycles. The van der Waals surface area contributed by atoms with Gasteiger partial charge in [-0.15, -0.1) is 0 Å². The van der Waals surface area contributed by atoms with Crippen molar-refractivity contribution < 1.29 is 0 Å². The molecule has 1 nitrogen and oxygen atoms in total. The summed E-state index contributed by atoms with van der Waals surface area (Å²) in [4.78, 5) is 0. The molecule has 12 heavy (non-hydrogen) atoms. The predicted octanol–water partition coefficient (Wildman–Crippen LogP) is 2.81. The molecule has 1 fully saturated rings. The smallest absolute Gasteiger partial charge is 0.00695 e. The molecule has 1 N–H and O–H groups in total. The summed E-state index contributed by atoms with van der Waals surface area (Å²) in [6, 6.07) is 0.781. The molecule has 1 aliphatic rings. The second-order valence-electron chi connectivity index (χ2n) is 4.69. The SMILES string of the molecule is CCC(C)C1(C)CCC(NC)C1. The van der Waals surface area contributed by atoms with Crippen LogP contribution in [0.25, 0.3) is 0 Å². The van der Waals surface area contributed by atoms with Crippen LogP contribution in [0.1, 0.15) is 46.5 Å². The van der Waals surface area contributed by atoms with Crippen LogP contribution in [-0.4, -0.2) is 13.1 Å². The number of hydrogen-bond donors (Lipinski definition) is 1. The van der Waals surface area contributed by atoms with Gasteiger partial charge in [0.15, 0.2) is 0 Å². The molecule has 3 unspecified atom stereocenters. The Bertz CT molecular complexity index is 144. The van der Waals surface area contributed by atoms with Crippen LogP contribution in [0.4, 0.5) is 0 Å². The Kier molecular flexibility index (Phi) is 3.16. The van der Waals surface area contributed by atoms with Crippen LogP contribution in [0.5, 0.6) is 0 Å². The Hall–Kier alpha value is -0.0400. The minimum Gasteiger partial charge on any atom is -0.317 e. The van der Waals surface area contributed by atoms with Crippen LogP contribution in [-0.2, 0) is 0 Å². The summed E-state index contributed by atoms with van der Waals surface area (Å²) in [7, 11) is 2.09. The number of hydrogen-bond acceptors (Lipinski definition) is 1. The predicted molar refractivity (Wildman–Crippen MR) is 54.3 cm³/mol. The largest absolute Gasteiger partial charge is 0.317 e. The monoisotopic (exact) mass is 169 g/mol. The Morgan fingerprint density at radius 1 is 1.58 bits per heavy atom. The lowest BCUT2D eigenvalue weighted by Gasteiger charge is -2.31. The van der Waals surface area contributed by atoms with E-state index in [0.717, 1.165) is 12.0 Å². The van der Waals surface area contributed by atoms with Gasteiger partial charge in [0.2, 0.25) is 0 Å². The Morgan fingerprint density at radius 3 is 2.67 bits per heavy atom. The highest BCUT2D eigenvalue weighted by molar-refractivity contribution is 4.91. The molecule has 0 saturated heterocycles. The van der Waals surface area contributed by atoms with Gasteiger partial charge in [0, 0.05) is 6.04 Å². The maximum Gasteiger partial charge on any atom is 0.00695 e. The zero-order valence-electron chi connectivity index (χ0n) is 8.98. The van der Waals surface area contributed by atoms with Gasteiger partial charge >= 0.3 is 0 Å². The normalized spacial score (nSPS) is 38.5. The minimum atomic E-state index is 0.614. The summed E-state index contributed by atoms with van der Waals surface area (Å²) in [6.45, 7) is 7.17. The molecular formula is C11H23N. The molecule has 0 spiro atoms. The molecule has 0 heterocycles. The summed E-state index contributed by atoms with van der Waals surface area (Å²) in [5, 5.41) is 3.40. The molecule has 0 aromatic heterocycles. The van der Waals surface area contributed by atoms with E-state index in [0.29, 0.717) is 5.41 Å². The van der Waals surface area contributed by atoms with Crippen molar-refractivity contribution in [3.63, 3.8) is 0 Å². The Morgan fingerprint density at radius 2 is 2.25 bits per heavy atom. The first-order valence-corrected chi connectivity index (χ1v) is 5.29. The number of nitrogens with one attached hydrogen (secondary N) is 1. The minimum absolute atomic E-state index is 0.614. The van der Waals surface area contributed by atoms with Crippen LogP contribution in [0.15, 0.2) is 0 Å². The third-order valence-corrected chi connectivity index (χ3v) is 3.99. The zero-order valence-corrected chi connectivity index (χ0v) is 8.98. The van der Waals surface area contributed by atoms with Crippen molar-refractivity contribution in [3.8, 4) is 0 Å². The maximum absolute atomic E-state index is 3.40. The molecule has 1 heteroatoms. The fraction of sp³-hybridized carbons (Fsp3) is 1.00.